The van der Waals surface area contributed by atoms with E-state index in [-0.39, 0.29) is 33.4 Å². The van der Waals surface area contributed by atoms with Crippen molar-refractivity contribution in [3.63, 3.8) is 0 Å². The van der Waals surface area contributed by atoms with Gasteiger partial charge < -0.3 is 15.4 Å². The molecule has 0 bridgehead atoms. The zero-order valence-electron chi connectivity index (χ0n) is 11.6. The molecule has 0 radical (unpaired) electrons. The molecule has 1 amide bonds. The third-order valence-corrected chi connectivity index (χ3v) is 4.33. The number of rotatable bonds is 2. The van der Waals surface area contributed by atoms with Crippen LogP contribution in [0.3, 0.4) is 0 Å². The molecule has 2 rings (SSSR count). The van der Waals surface area contributed by atoms with Gasteiger partial charge in [0.1, 0.15) is 0 Å². The van der Waals surface area contributed by atoms with E-state index < -0.39 is 0 Å². The molecule has 1 aliphatic rings. The quantitative estimate of drug-likeness (QED) is 0.668. The number of hydrogen-bond donors (Lipinski definition) is 1. The molecular formula is C14H16Cl2N2O3. The summed E-state index contributed by atoms with van der Waals surface area (Å²) in [5.41, 5.74) is 6.33. The normalized spacial score (nSPS) is 18.4. The number of halogens is 2. The Balaban J connectivity index is 2.22. The van der Waals surface area contributed by atoms with Gasteiger partial charge in [-0.15, -0.1) is 0 Å². The number of likely N-dealkylation sites (tertiary alicyclic amines) is 1. The van der Waals surface area contributed by atoms with Crippen molar-refractivity contribution in [1.29, 1.82) is 0 Å². The molecule has 1 atom stereocenters. The van der Waals surface area contributed by atoms with Crippen LogP contribution in [0.4, 0.5) is 5.69 Å². The number of benzene rings is 1. The maximum absolute atomic E-state index is 12.6. The lowest BCUT2D eigenvalue weighted by Gasteiger charge is -2.31. The number of hydrogen-bond acceptors (Lipinski definition) is 4. The molecular weight excluding hydrogens is 315 g/mol. The number of ether oxygens (including phenoxy) is 1. The van der Waals surface area contributed by atoms with Crippen molar-refractivity contribution in [3.05, 3.63) is 27.7 Å². The second-order valence-electron chi connectivity index (χ2n) is 4.98. The molecule has 7 heteroatoms. The first-order chi connectivity index (χ1) is 9.93. The van der Waals surface area contributed by atoms with E-state index in [1.807, 2.05) is 0 Å². The van der Waals surface area contributed by atoms with Crippen LogP contribution in [0.2, 0.25) is 10.0 Å². The summed E-state index contributed by atoms with van der Waals surface area (Å²) in [5.74, 6) is -0.880. The van der Waals surface area contributed by atoms with E-state index >= 15 is 0 Å². The molecule has 1 aromatic carbocycles. The first-order valence-corrected chi connectivity index (χ1v) is 7.31. The first kappa shape index (κ1) is 15.9. The summed E-state index contributed by atoms with van der Waals surface area (Å²) in [6.45, 7) is 0.878. The van der Waals surface area contributed by atoms with Crippen LogP contribution in [0.25, 0.3) is 0 Å². The smallest absolute Gasteiger partial charge is 0.310 e. The first-order valence-electron chi connectivity index (χ1n) is 6.55. The fourth-order valence-electron chi connectivity index (χ4n) is 2.46. The average molecular weight is 331 g/mol. The number of nitrogen functional groups attached to an aromatic ring is 1. The highest BCUT2D eigenvalue weighted by molar-refractivity contribution is 6.44. The van der Waals surface area contributed by atoms with Crippen LogP contribution in [0, 0.1) is 5.92 Å². The summed E-state index contributed by atoms with van der Waals surface area (Å²) in [5, 5.41) is 0.414. The summed E-state index contributed by atoms with van der Waals surface area (Å²) in [6.07, 6.45) is 1.45. The van der Waals surface area contributed by atoms with Gasteiger partial charge in [-0.3, -0.25) is 9.59 Å². The van der Waals surface area contributed by atoms with E-state index in [9.17, 15) is 9.59 Å². The lowest BCUT2D eigenvalue weighted by atomic mass is 9.97. The number of nitrogens with two attached hydrogens (primary N) is 1. The fourth-order valence-corrected chi connectivity index (χ4v) is 2.87. The summed E-state index contributed by atoms with van der Waals surface area (Å²) in [6, 6.07) is 2.99. The molecule has 0 spiro atoms. The molecule has 1 saturated heterocycles. The minimum absolute atomic E-state index is 0.177. The van der Waals surface area contributed by atoms with Gasteiger partial charge in [0.2, 0.25) is 0 Å². The van der Waals surface area contributed by atoms with E-state index in [0.29, 0.717) is 25.2 Å². The van der Waals surface area contributed by atoms with E-state index in [4.69, 9.17) is 33.7 Å². The van der Waals surface area contributed by atoms with E-state index in [1.165, 1.54) is 19.2 Å². The Kier molecular flexibility index (Phi) is 4.96. The number of nitrogens with zero attached hydrogens (tertiary/aromatic N) is 1. The largest absolute Gasteiger partial charge is 0.469 e. The van der Waals surface area contributed by atoms with Gasteiger partial charge in [-0.1, -0.05) is 23.2 Å². The maximum Gasteiger partial charge on any atom is 0.310 e. The molecule has 0 saturated carbocycles. The van der Waals surface area contributed by atoms with Crippen molar-refractivity contribution in [1.82, 2.24) is 4.90 Å². The summed E-state index contributed by atoms with van der Waals surface area (Å²) in [4.78, 5) is 25.8. The molecule has 5 nitrogen and oxygen atoms in total. The number of methoxy groups -OCH3 is 1. The maximum atomic E-state index is 12.6. The van der Waals surface area contributed by atoms with Crippen LogP contribution >= 0.6 is 23.2 Å². The third-order valence-electron chi connectivity index (χ3n) is 3.52. The van der Waals surface area contributed by atoms with Crippen LogP contribution < -0.4 is 5.73 Å². The second-order valence-corrected chi connectivity index (χ2v) is 5.76. The topological polar surface area (TPSA) is 72.6 Å². The van der Waals surface area contributed by atoms with Crippen molar-refractivity contribution in [3.8, 4) is 0 Å². The van der Waals surface area contributed by atoms with Gasteiger partial charge in [-0.25, -0.2) is 0 Å². The molecule has 2 N–H and O–H groups in total. The molecule has 114 valence electrons. The highest BCUT2D eigenvalue weighted by Crippen LogP contribution is 2.30. The van der Waals surface area contributed by atoms with Gasteiger partial charge in [-0.05, 0) is 25.0 Å². The monoisotopic (exact) mass is 330 g/mol. The lowest BCUT2D eigenvalue weighted by molar-refractivity contribution is -0.146. The number of carbonyl (C=O) groups excluding carboxylic acids is 2. The van der Waals surface area contributed by atoms with Crippen LogP contribution in [0.5, 0.6) is 0 Å². The van der Waals surface area contributed by atoms with Crippen LogP contribution in [-0.4, -0.2) is 37.0 Å². The minimum Gasteiger partial charge on any atom is -0.469 e. The highest BCUT2D eigenvalue weighted by atomic mass is 35.5. The van der Waals surface area contributed by atoms with Crippen LogP contribution in [0.15, 0.2) is 12.1 Å². The number of piperidine rings is 1. The zero-order valence-corrected chi connectivity index (χ0v) is 13.1. The zero-order chi connectivity index (χ0) is 15.6. The van der Waals surface area contributed by atoms with Gasteiger partial charge in [0, 0.05) is 18.8 Å². The van der Waals surface area contributed by atoms with Crippen molar-refractivity contribution >= 4 is 40.8 Å². The predicted molar refractivity (Wildman–Crippen MR) is 81.5 cm³/mol. The minimum atomic E-state index is -0.303. The molecule has 21 heavy (non-hydrogen) atoms. The summed E-state index contributed by atoms with van der Waals surface area (Å²) in [7, 11) is 1.34. The Bertz CT molecular complexity index is 578. The van der Waals surface area contributed by atoms with Gasteiger partial charge in [0.25, 0.3) is 5.91 Å². The van der Waals surface area contributed by atoms with Gasteiger partial charge in [-0.2, -0.15) is 0 Å². The molecule has 1 unspecified atom stereocenters. The highest BCUT2D eigenvalue weighted by Gasteiger charge is 2.30. The van der Waals surface area contributed by atoms with Gasteiger partial charge in [0.05, 0.1) is 28.6 Å². The van der Waals surface area contributed by atoms with E-state index in [1.54, 1.807) is 4.90 Å². The molecule has 1 aromatic rings. The summed E-state index contributed by atoms with van der Waals surface area (Å²) < 4.78 is 4.74. The standard InChI is InChI=1S/C14H16Cl2N2O3/c1-21-14(20)8-3-2-4-18(7-8)13(19)10-5-9(17)6-11(15)12(10)16/h5-6,8H,2-4,7,17H2,1H3. The molecule has 0 aromatic heterocycles. The number of amides is 1. The van der Waals surface area contributed by atoms with E-state index in [0.717, 1.165) is 6.42 Å². The Morgan fingerprint density at radius 1 is 1.38 bits per heavy atom. The van der Waals surface area contributed by atoms with Crippen LogP contribution in [-0.2, 0) is 9.53 Å². The Labute approximate surface area is 132 Å². The van der Waals surface area contributed by atoms with Crippen molar-refractivity contribution in [2.45, 2.75) is 12.8 Å². The molecule has 1 fully saturated rings. The molecule has 1 heterocycles. The summed E-state index contributed by atoms with van der Waals surface area (Å²) >= 11 is 12.0. The van der Waals surface area contributed by atoms with Crippen molar-refractivity contribution in [2.75, 3.05) is 25.9 Å². The third kappa shape index (κ3) is 3.41. The SMILES string of the molecule is COC(=O)C1CCCN(C(=O)c2cc(N)cc(Cl)c2Cl)C1. The van der Waals surface area contributed by atoms with Gasteiger partial charge in [0.15, 0.2) is 0 Å². The van der Waals surface area contributed by atoms with E-state index in [2.05, 4.69) is 0 Å². The molecule has 0 aliphatic carbocycles. The Hall–Kier alpha value is -1.46. The number of anilines is 1. The number of carbonyl (C=O) groups is 2. The second kappa shape index (κ2) is 6.54. The Morgan fingerprint density at radius 2 is 2.10 bits per heavy atom. The Morgan fingerprint density at radius 3 is 2.76 bits per heavy atom. The fraction of sp³-hybridized carbons (Fsp3) is 0.429. The molecule has 1 aliphatic heterocycles. The van der Waals surface area contributed by atoms with Crippen molar-refractivity contribution in [2.24, 2.45) is 5.92 Å². The lowest BCUT2D eigenvalue weighted by Crippen LogP contribution is -2.42. The van der Waals surface area contributed by atoms with Crippen LogP contribution in [0.1, 0.15) is 23.2 Å². The van der Waals surface area contributed by atoms with Gasteiger partial charge >= 0.3 is 5.97 Å². The number of esters is 1. The average Bonchev–Trinajstić information content (AvgIpc) is 2.49. The predicted octanol–water partition coefficient (Wildman–Crippen LogP) is 2.60. The van der Waals surface area contributed by atoms with Crippen molar-refractivity contribution < 1.29 is 14.3 Å².